The molecule has 0 bridgehead atoms. The van der Waals surface area contributed by atoms with Crippen LogP contribution >= 0.6 is 0 Å². The van der Waals surface area contributed by atoms with Gasteiger partial charge in [-0.15, -0.1) is 0 Å². The zero-order valence-corrected chi connectivity index (χ0v) is 17.9. The lowest BCUT2D eigenvalue weighted by Crippen LogP contribution is -2.51. The van der Waals surface area contributed by atoms with Gasteiger partial charge in [0.05, 0.1) is 12.5 Å². The molecule has 2 heterocycles. The number of carbonyl (C=O) groups excluding carboxylic acids is 3. The van der Waals surface area contributed by atoms with Crippen LogP contribution in [0.2, 0.25) is 0 Å². The third kappa shape index (κ3) is 5.87. The summed E-state index contributed by atoms with van der Waals surface area (Å²) < 4.78 is 5.03. The highest BCUT2D eigenvalue weighted by Gasteiger charge is 2.31. The second-order valence-corrected chi connectivity index (χ2v) is 8.05. The van der Waals surface area contributed by atoms with Crippen molar-refractivity contribution in [2.24, 2.45) is 5.92 Å². The molecule has 2 aliphatic rings. The Kier molecular flexibility index (Phi) is 7.54. The fraction of sp³-hybridized carbons (Fsp3) is 0.591. The van der Waals surface area contributed by atoms with Gasteiger partial charge < -0.3 is 25.2 Å². The van der Waals surface area contributed by atoms with Crippen LogP contribution in [0.4, 0.5) is 15.3 Å². The monoisotopic (exact) mass is 416 g/mol. The number of benzene rings is 1. The number of ether oxygens (including phenoxy) is 1. The number of rotatable bonds is 4. The summed E-state index contributed by atoms with van der Waals surface area (Å²) in [7, 11) is 0. The molecule has 30 heavy (non-hydrogen) atoms. The second-order valence-electron chi connectivity index (χ2n) is 8.05. The average Bonchev–Trinajstić information content (AvgIpc) is 2.74. The van der Waals surface area contributed by atoms with Gasteiger partial charge in [-0.2, -0.15) is 0 Å². The molecule has 1 aromatic rings. The minimum Gasteiger partial charge on any atom is -0.450 e. The fourth-order valence-electron chi connectivity index (χ4n) is 4.04. The maximum absolute atomic E-state index is 12.8. The van der Waals surface area contributed by atoms with Crippen molar-refractivity contribution < 1.29 is 19.1 Å². The first-order valence-corrected chi connectivity index (χ1v) is 10.8. The highest BCUT2D eigenvalue weighted by atomic mass is 16.6. The number of aryl methyl sites for hydroxylation is 1. The Morgan fingerprint density at radius 2 is 1.87 bits per heavy atom. The Labute approximate surface area is 177 Å². The van der Waals surface area contributed by atoms with Gasteiger partial charge >= 0.3 is 12.1 Å². The highest BCUT2D eigenvalue weighted by Crippen LogP contribution is 2.20. The summed E-state index contributed by atoms with van der Waals surface area (Å²) in [5, 5.41) is 6.05. The van der Waals surface area contributed by atoms with Gasteiger partial charge in [-0.05, 0) is 57.2 Å². The van der Waals surface area contributed by atoms with Crippen LogP contribution < -0.4 is 10.6 Å². The summed E-state index contributed by atoms with van der Waals surface area (Å²) in [6.07, 6.45) is 2.73. The van der Waals surface area contributed by atoms with Gasteiger partial charge in [0.25, 0.3) is 0 Å². The zero-order valence-electron chi connectivity index (χ0n) is 17.9. The van der Waals surface area contributed by atoms with Gasteiger partial charge in [0.1, 0.15) is 0 Å². The first-order valence-electron chi connectivity index (χ1n) is 10.8. The molecule has 0 aromatic heterocycles. The van der Waals surface area contributed by atoms with Crippen LogP contribution in [-0.2, 0) is 9.53 Å². The van der Waals surface area contributed by atoms with E-state index in [-0.39, 0.29) is 30.0 Å². The number of anilines is 1. The van der Waals surface area contributed by atoms with E-state index in [4.69, 9.17) is 4.74 Å². The number of urea groups is 1. The molecule has 3 rings (SSSR count). The second kappa shape index (κ2) is 10.3. The summed E-state index contributed by atoms with van der Waals surface area (Å²) in [6, 6.07) is 7.57. The average molecular weight is 417 g/mol. The molecule has 0 saturated carbocycles. The van der Waals surface area contributed by atoms with Gasteiger partial charge in [-0.25, -0.2) is 9.59 Å². The number of nitrogens with one attached hydrogen (secondary N) is 2. The summed E-state index contributed by atoms with van der Waals surface area (Å²) >= 11 is 0. The van der Waals surface area contributed by atoms with Crippen LogP contribution in [0.15, 0.2) is 24.3 Å². The largest absolute Gasteiger partial charge is 0.450 e. The molecule has 8 nitrogen and oxygen atoms in total. The Bertz CT molecular complexity index is 761. The predicted molar refractivity (Wildman–Crippen MR) is 114 cm³/mol. The summed E-state index contributed by atoms with van der Waals surface area (Å²) in [4.78, 5) is 40.6. The number of nitrogens with zero attached hydrogens (tertiary/aromatic N) is 2. The van der Waals surface area contributed by atoms with E-state index < -0.39 is 0 Å². The Morgan fingerprint density at radius 1 is 1.10 bits per heavy atom. The van der Waals surface area contributed by atoms with Gasteiger partial charge in [0.2, 0.25) is 5.91 Å². The Hall–Kier alpha value is -2.77. The van der Waals surface area contributed by atoms with Crippen molar-refractivity contribution in [3.63, 3.8) is 0 Å². The van der Waals surface area contributed by atoms with E-state index in [1.54, 1.807) is 16.7 Å². The van der Waals surface area contributed by atoms with E-state index in [9.17, 15) is 14.4 Å². The number of carbonyl (C=O) groups is 3. The number of amides is 4. The summed E-state index contributed by atoms with van der Waals surface area (Å²) in [6.45, 7) is 6.38. The predicted octanol–water partition coefficient (Wildman–Crippen LogP) is 2.98. The standard InChI is InChI=1S/C22H32N4O4/c1-3-30-22(29)25-12-9-18(10-13-25)23-20(27)17-7-5-11-26(15-17)21(28)24-19-8-4-6-16(2)14-19/h4,6,8,14,17-18H,3,5,7,9-13,15H2,1-2H3,(H,23,27)(H,24,28). The molecule has 0 aliphatic carbocycles. The van der Waals surface area contributed by atoms with Crippen LogP contribution in [0.25, 0.3) is 0 Å². The van der Waals surface area contributed by atoms with E-state index in [1.807, 2.05) is 31.2 Å². The quantitative estimate of drug-likeness (QED) is 0.789. The van der Waals surface area contributed by atoms with Crippen molar-refractivity contribution >= 4 is 23.7 Å². The van der Waals surface area contributed by atoms with Crippen LogP contribution in [-0.4, -0.2) is 66.7 Å². The first-order chi connectivity index (χ1) is 14.5. The van der Waals surface area contributed by atoms with Gasteiger partial charge in [0, 0.05) is 37.9 Å². The molecule has 2 N–H and O–H groups in total. The lowest BCUT2D eigenvalue weighted by atomic mass is 9.96. The number of hydrogen-bond donors (Lipinski definition) is 2. The molecule has 2 fully saturated rings. The lowest BCUT2D eigenvalue weighted by Gasteiger charge is -2.35. The van der Waals surface area contributed by atoms with Crippen molar-refractivity contribution in [1.29, 1.82) is 0 Å². The first kappa shape index (κ1) is 21.9. The molecule has 1 unspecified atom stereocenters. The molecular formula is C22H32N4O4. The summed E-state index contributed by atoms with van der Waals surface area (Å²) in [5.74, 6) is -0.206. The fourth-order valence-corrected chi connectivity index (χ4v) is 4.04. The molecule has 4 amide bonds. The van der Waals surface area contributed by atoms with Crippen molar-refractivity contribution in [1.82, 2.24) is 15.1 Å². The number of piperidine rings is 2. The molecule has 0 radical (unpaired) electrons. The van der Waals surface area contributed by atoms with Crippen LogP contribution in [0, 0.1) is 12.8 Å². The van der Waals surface area contributed by atoms with Gasteiger partial charge in [0.15, 0.2) is 0 Å². The molecular weight excluding hydrogens is 384 g/mol. The molecule has 1 aromatic carbocycles. The Morgan fingerprint density at radius 3 is 2.57 bits per heavy atom. The third-order valence-electron chi connectivity index (χ3n) is 5.72. The SMILES string of the molecule is CCOC(=O)N1CCC(NC(=O)C2CCCN(C(=O)Nc3cccc(C)c3)C2)CC1. The van der Waals surface area contributed by atoms with Crippen LogP contribution in [0.1, 0.15) is 38.2 Å². The maximum Gasteiger partial charge on any atom is 0.409 e. The highest BCUT2D eigenvalue weighted by molar-refractivity contribution is 5.90. The van der Waals surface area contributed by atoms with E-state index in [0.717, 1.165) is 36.9 Å². The van der Waals surface area contributed by atoms with Crippen molar-refractivity contribution in [3.8, 4) is 0 Å². The van der Waals surface area contributed by atoms with E-state index in [2.05, 4.69) is 10.6 Å². The maximum atomic E-state index is 12.8. The van der Waals surface area contributed by atoms with E-state index in [0.29, 0.717) is 32.8 Å². The minimum atomic E-state index is -0.287. The van der Waals surface area contributed by atoms with Crippen molar-refractivity contribution in [3.05, 3.63) is 29.8 Å². The smallest absolute Gasteiger partial charge is 0.409 e. The topological polar surface area (TPSA) is 91.0 Å². The van der Waals surface area contributed by atoms with Crippen molar-refractivity contribution in [2.45, 2.75) is 45.6 Å². The normalized spacial score (nSPS) is 19.9. The number of likely N-dealkylation sites (tertiary alicyclic amines) is 2. The molecule has 164 valence electrons. The van der Waals surface area contributed by atoms with Crippen molar-refractivity contribution in [2.75, 3.05) is 38.1 Å². The van der Waals surface area contributed by atoms with E-state index in [1.165, 1.54) is 0 Å². The molecule has 8 heteroatoms. The molecule has 0 spiro atoms. The minimum absolute atomic E-state index is 0.00218. The molecule has 2 saturated heterocycles. The Balaban J connectivity index is 1.46. The summed E-state index contributed by atoms with van der Waals surface area (Å²) in [5.41, 5.74) is 1.85. The molecule has 2 aliphatic heterocycles. The third-order valence-corrected chi connectivity index (χ3v) is 5.72. The molecule has 1 atom stereocenters. The van der Waals surface area contributed by atoms with Gasteiger partial charge in [-0.1, -0.05) is 12.1 Å². The number of hydrogen-bond acceptors (Lipinski definition) is 4. The zero-order chi connectivity index (χ0) is 21.5. The van der Waals surface area contributed by atoms with Crippen LogP contribution in [0.5, 0.6) is 0 Å². The van der Waals surface area contributed by atoms with Gasteiger partial charge in [-0.3, -0.25) is 4.79 Å². The van der Waals surface area contributed by atoms with Crippen LogP contribution in [0.3, 0.4) is 0 Å². The van der Waals surface area contributed by atoms with E-state index >= 15 is 0 Å². The lowest BCUT2D eigenvalue weighted by molar-refractivity contribution is -0.127.